The highest BCUT2D eigenvalue weighted by Gasteiger charge is 2.13. The van der Waals surface area contributed by atoms with Gasteiger partial charge in [0.1, 0.15) is 0 Å². The van der Waals surface area contributed by atoms with E-state index in [0.717, 1.165) is 51.9 Å². The van der Waals surface area contributed by atoms with E-state index in [-0.39, 0.29) is 30.0 Å². The molecule has 0 bridgehead atoms. The lowest BCUT2D eigenvalue weighted by Crippen LogP contribution is -2.44. The van der Waals surface area contributed by atoms with E-state index in [2.05, 4.69) is 41.3 Å². The minimum absolute atomic E-state index is 0. The molecule has 7 heteroatoms. The lowest BCUT2D eigenvalue weighted by Gasteiger charge is -2.28. The molecule has 0 aromatic heterocycles. The maximum atomic E-state index is 5.38. The Morgan fingerprint density at radius 2 is 2.00 bits per heavy atom. The van der Waals surface area contributed by atoms with Crippen LogP contribution in [0.25, 0.3) is 0 Å². The van der Waals surface area contributed by atoms with E-state index in [1.54, 1.807) is 7.11 Å². The summed E-state index contributed by atoms with van der Waals surface area (Å²) in [5, 5.41) is 6.64. The van der Waals surface area contributed by atoms with Crippen LogP contribution in [0.1, 0.15) is 20.8 Å². The highest BCUT2D eigenvalue weighted by molar-refractivity contribution is 14.0. The van der Waals surface area contributed by atoms with Gasteiger partial charge in [0.15, 0.2) is 5.96 Å². The summed E-state index contributed by atoms with van der Waals surface area (Å²) in [6.45, 7) is 13.7. The zero-order valence-electron chi connectivity index (χ0n) is 14.4. The normalized spacial score (nSPS) is 19.2. The number of nitrogens with zero attached hydrogens (tertiary/aromatic N) is 2. The molecule has 1 aliphatic heterocycles. The maximum Gasteiger partial charge on any atom is 0.191 e. The third kappa shape index (κ3) is 9.81. The lowest BCUT2D eigenvalue weighted by molar-refractivity contribution is 0.0323. The molecule has 1 aliphatic rings. The van der Waals surface area contributed by atoms with Crippen molar-refractivity contribution in [3.63, 3.8) is 0 Å². The summed E-state index contributed by atoms with van der Waals surface area (Å²) in [6, 6.07) is 0.252. The Morgan fingerprint density at radius 1 is 1.32 bits per heavy atom. The number of hydrogen-bond donors (Lipinski definition) is 2. The van der Waals surface area contributed by atoms with Crippen LogP contribution in [0.5, 0.6) is 0 Å². The zero-order chi connectivity index (χ0) is 15.5. The Balaban J connectivity index is 0.00000441. The second-order valence-corrected chi connectivity index (χ2v) is 5.74. The number of nitrogens with one attached hydrogen (secondary N) is 2. The molecule has 0 spiro atoms. The van der Waals surface area contributed by atoms with Crippen molar-refractivity contribution in [2.45, 2.75) is 26.8 Å². The Kier molecular flexibility index (Phi) is 13.3. The van der Waals surface area contributed by atoms with Gasteiger partial charge in [-0.05, 0) is 19.8 Å². The summed E-state index contributed by atoms with van der Waals surface area (Å²) in [4.78, 5) is 7.14. The fraction of sp³-hybridized carbons (Fsp3) is 0.933. The number of hydrogen-bond acceptors (Lipinski definition) is 4. The molecule has 0 amide bonds. The number of rotatable bonds is 8. The van der Waals surface area contributed by atoms with Crippen molar-refractivity contribution < 1.29 is 9.47 Å². The number of methoxy groups -OCH3 is 1. The molecule has 0 radical (unpaired) electrons. The summed E-state index contributed by atoms with van der Waals surface area (Å²) in [6.07, 6.45) is 0. The van der Waals surface area contributed by atoms with Crippen LogP contribution < -0.4 is 10.6 Å². The van der Waals surface area contributed by atoms with Crippen LogP contribution in [0.15, 0.2) is 4.99 Å². The number of aliphatic imine (C=N–C) groups is 1. The van der Waals surface area contributed by atoms with Crippen molar-refractivity contribution in [1.29, 1.82) is 0 Å². The number of ether oxygens (including phenoxy) is 2. The molecule has 22 heavy (non-hydrogen) atoms. The van der Waals surface area contributed by atoms with E-state index >= 15 is 0 Å². The van der Waals surface area contributed by atoms with Crippen LogP contribution >= 0.6 is 24.0 Å². The Hall–Kier alpha value is -0.120. The predicted molar refractivity (Wildman–Crippen MR) is 102 cm³/mol. The molecule has 132 valence electrons. The fourth-order valence-electron chi connectivity index (χ4n) is 2.37. The molecule has 1 heterocycles. The minimum Gasteiger partial charge on any atom is -0.383 e. The maximum absolute atomic E-state index is 5.38. The van der Waals surface area contributed by atoms with Crippen LogP contribution in [-0.4, -0.2) is 76.6 Å². The van der Waals surface area contributed by atoms with Crippen molar-refractivity contribution in [3.8, 4) is 0 Å². The molecule has 0 saturated carbocycles. The predicted octanol–water partition coefficient (Wildman–Crippen LogP) is 1.16. The monoisotopic (exact) mass is 428 g/mol. The van der Waals surface area contributed by atoms with Gasteiger partial charge in [0.25, 0.3) is 0 Å². The second-order valence-electron chi connectivity index (χ2n) is 5.74. The standard InChI is InChI=1S/C15H32N4O2.HI/c1-5-16-15(18-14(3)12-20-4)17-10-13(2)11-19-6-8-21-9-7-19;/h13-14H,5-12H2,1-4H3,(H2,16,17,18);1H. The van der Waals surface area contributed by atoms with E-state index < -0.39 is 0 Å². The molecule has 0 aliphatic carbocycles. The van der Waals surface area contributed by atoms with Gasteiger partial charge in [0.2, 0.25) is 0 Å². The van der Waals surface area contributed by atoms with Crippen molar-refractivity contribution >= 4 is 29.9 Å². The van der Waals surface area contributed by atoms with Gasteiger partial charge in [-0.15, -0.1) is 24.0 Å². The average Bonchev–Trinajstić information content (AvgIpc) is 2.46. The van der Waals surface area contributed by atoms with Crippen molar-refractivity contribution in [2.24, 2.45) is 10.9 Å². The van der Waals surface area contributed by atoms with Gasteiger partial charge >= 0.3 is 0 Å². The SMILES string of the molecule is CCNC(=NCC(C)CN1CCOCC1)NC(C)COC.I. The fourth-order valence-corrected chi connectivity index (χ4v) is 2.37. The van der Waals surface area contributed by atoms with E-state index in [1.165, 1.54) is 0 Å². The van der Waals surface area contributed by atoms with Crippen LogP contribution in [0.2, 0.25) is 0 Å². The van der Waals surface area contributed by atoms with Crippen molar-refractivity contribution in [1.82, 2.24) is 15.5 Å². The Labute approximate surface area is 152 Å². The van der Waals surface area contributed by atoms with Gasteiger partial charge in [0, 0.05) is 45.9 Å². The van der Waals surface area contributed by atoms with Crippen molar-refractivity contribution in [3.05, 3.63) is 0 Å². The van der Waals surface area contributed by atoms with Gasteiger partial charge < -0.3 is 20.1 Å². The summed E-state index contributed by atoms with van der Waals surface area (Å²) in [7, 11) is 1.71. The summed E-state index contributed by atoms with van der Waals surface area (Å²) in [5.41, 5.74) is 0. The largest absolute Gasteiger partial charge is 0.383 e. The zero-order valence-corrected chi connectivity index (χ0v) is 16.8. The quantitative estimate of drug-likeness (QED) is 0.345. The Bertz CT molecular complexity index is 299. The molecule has 1 rings (SSSR count). The van der Waals surface area contributed by atoms with E-state index in [1.807, 2.05) is 0 Å². The third-order valence-electron chi connectivity index (χ3n) is 3.38. The third-order valence-corrected chi connectivity index (χ3v) is 3.38. The van der Waals surface area contributed by atoms with Crippen LogP contribution in [0.3, 0.4) is 0 Å². The smallest absolute Gasteiger partial charge is 0.191 e. The van der Waals surface area contributed by atoms with Gasteiger partial charge in [-0.2, -0.15) is 0 Å². The van der Waals surface area contributed by atoms with Gasteiger partial charge in [0.05, 0.1) is 19.8 Å². The molecule has 1 fully saturated rings. The highest BCUT2D eigenvalue weighted by atomic mass is 127. The average molecular weight is 428 g/mol. The summed E-state index contributed by atoms with van der Waals surface area (Å²) < 4.78 is 10.5. The second kappa shape index (κ2) is 13.3. The number of morpholine rings is 1. The first-order chi connectivity index (χ1) is 10.2. The van der Waals surface area contributed by atoms with Crippen molar-refractivity contribution in [2.75, 3.05) is 59.7 Å². The summed E-state index contributed by atoms with van der Waals surface area (Å²) >= 11 is 0. The van der Waals surface area contributed by atoms with Crippen LogP contribution in [-0.2, 0) is 9.47 Å². The number of guanidine groups is 1. The van der Waals surface area contributed by atoms with E-state index in [0.29, 0.717) is 12.5 Å². The molecule has 2 atom stereocenters. The first-order valence-corrected chi connectivity index (χ1v) is 7.99. The van der Waals surface area contributed by atoms with Gasteiger partial charge in [-0.25, -0.2) is 0 Å². The number of halogens is 1. The minimum atomic E-state index is 0. The highest BCUT2D eigenvalue weighted by Crippen LogP contribution is 2.03. The van der Waals surface area contributed by atoms with Gasteiger partial charge in [-0.3, -0.25) is 9.89 Å². The van der Waals surface area contributed by atoms with Crippen LogP contribution in [0, 0.1) is 5.92 Å². The molecule has 2 unspecified atom stereocenters. The molecular weight excluding hydrogens is 395 g/mol. The molecular formula is C15H33IN4O2. The van der Waals surface area contributed by atoms with Crippen LogP contribution in [0.4, 0.5) is 0 Å². The van der Waals surface area contributed by atoms with Gasteiger partial charge in [-0.1, -0.05) is 6.92 Å². The first-order valence-electron chi connectivity index (χ1n) is 7.99. The summed E-state index contributed by atoms with van der Waals surface area (Å²) in [5.74, 6) is 1.41. The Morgan fingerprint density at radius 3 is 2.59 bits per heavy atom. The lowest BCUT2D eigenvalue weighted by atomic mass is 10.1. The molecule has 0 aromatic rings. The molecule has 2 N–H and O–H groups in total. The van der Waals surface area contributed by atoms with E-state index in [9.17, 15) is 0 Å². The first kappa shape index (κ1) is 21.9. The topological polar surface area (TPSA) is 58.1 Å². The molecule has 1 saturated heterocycles. The van der Waals surface area contributed by atoms with E-state index in [4.69, 9.17) is 9.47 Å². The molecule has 0 aromatic carbocycles. The molecule has 6 nitrogen and oxygen atoms in total.